The van der Waals surface area contributed by atoms with E-state index < -0.39 is 0 Å². The number of benzene rings is 2. The average molecular weight is 338 g/mol. The fourth-order valence-corrected chi connectivity index (χ4v) is 3.28. The second kappa shape index (κ2) is 8.17. The summed E-state index contributed by atoms with van der Waals surface area (Å²) in [7, 11) is 1.99. The van der Waals surface area contributed by atoms with Gasteiger partial charge in [-0.3, -0.25) is 9.69 Å². The van der Waals surface area contributed by atoms with Gasteiger partial charge in [0, 0.05) is 19.5 Å². The van der Waals surface area contributed by atoms with Crippen LogP contribution in [-0.4, -0.2) is 43.1 Å². The second-order valence-corrected chi connectivity index (χ2v) is 6.62. The van der Waals surface area contributed by atoms with Crippen LogP contribution in [0.4, 0.5) is 0 Å². The van der Waals surface area contributed by atoms with Gasteiger partial charge in [0.1, 0.15) is 11.9 Å². The standard InChI is InChI=1S/C21H26N2O2/c1-3-12-22-21(24)20-14-19(15-23(20)2)25-18-11-7-10-17(13-18)16-8-5-4-6-9-16/h4-11,13,19-20H,3,12,14-15H2,1-2H3,(H,22,24)/t19-,20+/m1/s1. The third-order valence-corrected chi connectivity index (χ3v) is 4.61. The monoisotopic (exact) mass is 338 g/mol. The van der Waals surface area contributed by atoms with E-state index in [4.69, 9.17) is 4.74 Å². The highest BCUT2D eigenvalue weighted by Crippen LogP contribution is 2.26. The molecule has 0 aliphatic carbocycles. The molecule has 0 bridgehead atoms. The highest BCUT2D eigenvalue weighted by molar-refractivity contribution is 5.82. The number of nitrogens with one attached hydrogen (secondary N) is 1. The number of hydrogen-bond donors (Lipinski definition) is 1. The van der Waals surface area contributed by atoms with Crippen LogP contribution in [0.2, 0.25) is 0 Å². The van der Waals surface area contributed by atoms with Gasteiger partial charge in [0.25, 0.3) is 0 Å². The molecular formula is C21H26N2O2. The molecule has 0 radical (unpaired) electrons. The van der Waals surface area contributed by atoms with E-state index in [-0.39, 0.29) is 18.1 Å². The highest BCUT2D eigenvalue weighted by atomic mass is 16.5. The van der Waals surface area contributed by atoms with Crippen LogP contribution in [0.5, 0.6) is 5.75 Å². The molecule has 2 atom stereocenters. The summed E-state index contributed by atoms with van der Waals surface area (Å²) in [6, 6.07) is 18.3. The molecule has 4 nitrogen and oxygen atoms in total. The number of likely N-dealkylation sites (N-methyl/N-ethyl adjacent to an activating group) is 1. The summed E-state index contributed by atoms with van der Waals surface area (Å²) in [4.78, 5) is 14.3. The molecule has 2 aromatic carbocycles. The summed E-state index contributed by atoms with van der Waals surface area (Å²) < 4.78 is 6.17. The minimum absolute atomic E-state index is 0.0356. The first-order chi connectivity index (χ1) is 12.2. The maximum atomic E-state index is 12.2. The molecule has 1 N–H and O–H groups in total. The number of amides is 1. The minimum Gasteiger partial charge on any atom is -0.489 e. The van der Waals surface area contributed by atoms with Crippen molar-refractivity contribution in [3.63, 3.8) is 0 Å². The van der Waals surface area contributed by atoms with Gasteiger partial charge in [-0.2, -0.15) is 0 Å². The Balaban J connectivity index is 1.64. The van der Waals surface area contributed by atoms with Crippen molar-refractivity contribution in [2.45, 2.75) is 31.9 Å². The Morgan fingerprint density at radius 1 is 1.16 bits per heavy atom. The molecule has 1 heterocycles. The Hall–Kier alpha value is -2.33. The van der Waals surface area contributed by atoms with Crippen molar-refractivity contribution in [1.82, 2.24) is 10.2 Å². The van der Waals surface area contributed by atoms with E-state index in [2.05, 4.69) is 41.4 Å². The van der Waals surface area contributed by atoms with E-state index in [0.29, 0.717) is 0 Å². The first-order valence-electron chi connectivity index (χ1n) is 8.97. The molecule has 1 saturated heterocycles. The third kappa shape index (κ3) is 4.40. The predicted molar refractivity (Wildman–Crippen MR) is 101 cm³/mol. The van der Waals surface area contributed by atoms with Crippen LogP contribution in [0.25, 0.3) is 11.1 Å². The average Bonchev–Trinajstić information content (AvgIpc) is 3.01. The van der Waals surface area contributed by atoms with Crippen LogP contribution in [0.3, 0.4) is 0 Å². The molecule has 1 amide bonds. The van der Waals surface area contributed by atoms with Gasteiger partial charge in [-0.25, -0.2) is 0 Å². The second-order valence-electron chi connectivity index (χ2n) is 6.62. The van der Waals surface area contributed by atoms with Crippen LogP contribution >= 0.6 is 0 Å². The summed E-state index contributed by atoms with van der Waals surface area (Å²) in [6.07, 6.45) is 1.71. The summed E-state index contributed by atoms with van der Waals surface area (Å²) in [5.74, 6) is 0.961. The van der Waals surface area contributed by atoms with Crippen LogP contribution < -0.4 is 10.1 Å². The lowest BCUT2D eigenvalue weighted by atomic mass is 10.1. The van der Waals surface area contributed by atoms with Crippen molar-refractivity contribution < 1.29 is 9.53 Å². The number of carbonyl (C=O) groups excluding carboxylic acids is 1. The highest BCUT2D eigenvalue weighted by Gasteiger charge is 2.35. The van der Waals surface area contributed by atoms with Gasteiger partial charge in [0.2, 0.25) is 5.91 Å². The first kappa shape index (κ1) is 17.5. The van der Waals surface area contributed by atoms with Crippen molar-refractivity contribution in [2.75, 3.05) is 20.1 Å². The first-order valence-corrected chi connectivity index (χ1v) is 8.97. The maximum Gasteiger partial charge on any atom is 0.237 e. The number of likely N-dealkylation sites (tertiary alicyclic amines) is 1. The largest absolute Gasteiger partial charge is 0.489 e. The SMILES string of the molecule is CCCNC(=O)[C@@H]1C[C@@H](Oc2cccc(-c3ccccc3)c2)CN1C. The van der Waals surface area contributed by atoms with Gasteiger partial charge in [-0.1, -0.05) is 49.4 Å². The summed E-state index contributed by atoms with van der Waals surface area (Å²) in [5.41, 5.74) is 2.31. The molecule has 132 valence electrons. The molecular weight excluding hydrogens is 312 g/mol. The van der Waals surface area contributed by atoms with Gasteiger partial charge in [-0.05, 0) is 36.7 Å². The number of nitrogens with zero attached hydrogens (tertiary/aromatic N) is 1. The molecule has 2 aromatic rings. The van der Waals surface area contributed by atoms with Crippen molar-refractivity contribution in [3.05, 3.63) is 54.6 Å². The zero-order valence-electron chi connectivity index (χ0n) is 14.9. The van der Waals surface area contributed by atoms with Gasteiger partial charge < -0.3 is 10.1 Å². The van der Waals surface area contributed by atoms with Crippen molar-refractivity contribution in [1.29, 1.82) is 0 Å². The molecule has 0 spiro atoms. The minimum atomic E-state index is -0.103. The van der Waals surface area contributed by atoms with Gasteiger partial charge >= 0.3 is 0 Å². The van der Waals surface area contributed by atoms with E-state index in [9.17, 15) is 4.79 Å². The van der Waals surface area contributed by atoms with Crippen LogP contribution in [0, 0.1) is 0 Å². The normalized spacial score (nSPS) is 20.4. The quantitative estimate of drug-likeness (QED) is 0.878. The Morgan fingerprint density at radius 2 is 1.92 bits per heavy atom. The molecule has 0 unspecified atom stereocenters. The third-order valence-electron chi connectivity index (χ3n) is 4.61. The van der Waals surface area contributed by atoms with Gasteiger partial charge in [-0.15, -0.1) is 0 Å². The lowest BCUT2D eigenvalue weighted by Crippen LogP contribution is -2.41. The summed E-state index contributed by atoms with van der Waals surface area (Å²) in [5, 5.41) is 2.98. The fraction of sp³-hybridized carbons (Fsp3) is 0.381. The zero-order valence-corrected chi connectivity index (χ0v) is 14.9. The lowest BCUT2D eigenvalue weighted by molar-refractivity contribution is -0.125. The number of hydrogen-bond acceptors (Lipinski definition) is 3. The molecule has 1 aliphatic rings. The number of rotatable bonds is 6. The van der Waals surface area contributed by atoms with Gasteiger partial charge in [0.15, 0.2) is 0 Å². The van der Waals surface area contributed by atoms with E-state index in [1.54, 1.807) is 0 Å². The molecule has 1 aliphatic heterocycles. The summed E-state index contributed by atoms with van der Waals surface area (Å²) >= 11 is 0. The lowest BCUT2D eigenvalue weighted by Gasteiger charge is -2.17. The Morgan fingerprint density at radius 3 is 2.68 bits per heavy atom. The van der Waals surface area contributed by atoms with Gasteiger partial charge in [0.05, 0.1) is 6.04 Å². The van der Waals surface area contributed by atoms with Crippen molar-refractivity contribution >= 4 is 5.91 Å². The Kier molecular flexibility index (Phi) is 5.71. The fourth-order valence-electron chi connectivity index (χ4n) is 3.28. The molecule has 3 rings (SSSR count). The van der Waals surface area contributed by atoms with Crippen LogP contribution in [-0.2, 0) is 4.79 Å². The number of ether oxygens (including phenoxy) is 1. The molecule has 0 saturated carbocycles. The van der Waals surface area contributed by atoms with E-state index in [0.717, 1.165) is 37.2 Å². The predicted octanol–water partition coefficient (Wildman–Crippen LogP) is 3.33. The van der Waals surface area contributed by atoms with E-state index >= 15 is 0 Å². The number of carbonyl (C=O) groups is 1. The van der Waals surface area contributed by atoms with Crippen molar-refractivity contribution in [3.8, 4) is 16.9 Å². The molecule has 25 heavy (non-hydrogen) atoms. The summed E-state index contributed by atoms with van der Waals surface area (Å²) in [6.45, 7) is 3.55. The van der Waals surface area contributed by atoms with Crippen molar-refractivity contribution in [2.24, 2.45) is 0 Å². The molecule has 4 heteroatoms. The Bertz CT molecular complexity index is 702. The van der Waals surface area contributed by atoms with E-state index in [1.165, 1.54) is 5.56 Å². The van der Waals surface area contributed by atoms with E-state index in [1.807, 2.05) is 37.4 Å². The van der Waals surface area contributed by atoms with Crippen LogP contribution in [0.1, 0.15) is 19.8 Å². The molecule has 0 aromatic heterocycles. The maximum absolute atomic E-state index is 12.2. The van der Waals surface area contributed by atoms with Crippen LogP contribution in [0.15, 0.2) is 54.6 Å². The topological polar surface area (TPSA) is 41.6 Å². The smallest absolute Gasteiger partial charge is 0.237 e. The zero-order chi connectivity index (χ0) is 17.6. The Labute approximate surface area is 149 Å². The molecule has 1 fully saturated rings.